The predicted molar refractivity (Wildman–Crippen MR) is 138 cm³/mol. The molecule has 0 aliphatic carbocycles. The van der Waals surface area contributed by atoms with E-state index in [2.05, 4.69) is 15.3 Å². The molecule has 1 aliphatic heterocycles. The van der Waals surface area contributed by atoms with Crippen LogP contribution in [0.4, 0.5) is 10.5 Å². The van der Waals surface area contributed by atoms with Crippen molar-refractivity contribution in [1.82, 2.24) is 9.97 Å². The van der Waals surface area contributed by atoms with E-state index in [-0.39, 0.29) is 28.2 Å². The van der Waals surface area contributed by atoms with Crippen molar-refractivity contribution < 1.29 is 18.8 Å². The van der Waals surface area contributed by atoms with E-state index in [1.807, 2.05) is 73.7 Å². The predicted octanol–water partition coefficient (Wildman–Crippen LogP) is 6.21. The largest absolute Gasteiger partial charge is 0.455 e. The third-order valence-corrected chi connectivity index (χ3v) is 7.35. The van der Waals surface area contributed by atoms with E-state index in [9.17, 15) is 9.59 Å². The molecule has 0 spiro atoms. The van der Waals surface area contributed by atoms with Crippen LogP contribution in [0.2, 0.25) is 0 Å². The van der Waals surface area contributed by atoms with Crippen LogP contribution in [-0.4, -0.2) is 44.7 Å². The van der Waals surface area contributed by atoms with Gasteiger partial charge in [0, 0.05) is 12.8 Å². The summed E-state index contributed by atoms with van der Waals surface area (Å²) in [5.41, 5.74) is 2.32. The Labute approximate surface area is 208 Å². The number of benzene rings is 3. The maximum Gasteiger partial charge on any atom is 0.428 e. The SMILES string of the molecule is C[C@@H]1CCC[N+]1(C(=O)CSc1nc2ccccc2[nH]1)C(=O)Nc1ccccc1Oc1ccccc1. The van der Waals surface area contributed by atoms with E-state index in [4.69, 9.17) is 4.74 Å². The summed E-state index contributed by atoms with van der Waals surface area (Å²) in [5, 5.41) is 3.67. The van der Waals surface area contributed by atoms with Crippen LogP contribution in [-0.2, 0) is 4.79 Å². The number of aromatic amines is 1. The number of quaternary nitrogens is 1. The van der Waals surface area contributed by atoms with Crippen molar-refractivity contribution >= 4 is 40.4 Å². The fraction of sp³-hybridized carbons (Fsp3) is 0.222. The third kappa shape index (κ3) is 4.67. The topological polar surface area (TPSA) is 84.1 Å². The molecule has 0 radical (unpaired) electrons. The molecule has 3 amide bonds. The lowest BCUT2D eigenvalue weighted by molar-refractivity contribution is -0.781. The Balaban J connectivity index is 1.34. The molecule has 178 valence electrons. The molecule has 1 aliphatic rings. The molecule has 5 rings (SSSR count). The highest BCUT2D eigenvalue weighted by Gasteiger charge is 2.52. The van der Waals surface area contributed by atoms with Crippen molar-refractivity contribution in [1.29, 1.82) is 0 Å². The number of hydrogen-bond donors (Lipinski definition) is 2. The van der Waals surface area contributed by atoms with Gasteiger partial charge in [-0.25, -0.2) is 14.6 Å². The summed E-state index contributed by atoms with van der Waals surface area (Å²) in [6, 6.07) is 24.0. The van der Waals surface area contributed by atoms with Crippen LogP contribution in [0.3, 0.4) is 0 Å². The monoisotopic (exact) mass is 487 g/mol. The van der Waals surface area contributed by atoms with E-state index in [0.717, 1.165) is 23.9 Å². The van der Waals surface area contributed by atoms with Crippen molar-refractivity contribution in [3.05, 3.63) is 78.9 Å². The zero-order valence-corrected chi connectivity index (χ0v) is 20.3. The summed E-state index contributed by atoms with van der Waals surface area (Å²) < 4.78 is 5.78. The minimum absolute atomic E-state index is 0.110. The summed E-state index contributed by atoms with van der Waals surface area (Å²) in [6.45, 7) is 2.46. The highest BCUT2D eigenvalue weighted by molar-refractivity contribution is 7.99. The van der Waals surface area contributed by atoms with Gasteiger partial charge in [0.2, 0.25) is 0 Å². The second kappa shape index (κ2) is 9.93. The molecule has 7 nitrogen and oxygen atoms in total. The Morgan fingerprint density at radius 1 is 1.06 bits per heavy atom. The molecule has 2 heterocycles. The van der Waals surface area contributed by atoms with Gasteiger partial charge in [0.15, 0.2) is 10.9 Å². The number of rotatable bonds is 6. The molecule has 1 fully saturated rings. The maximum atomic E-state index is 13.7. The van der Waals surface area contributed by atoms with Crippen LogP contribution in [0.5, 0.6) is 11.5 Å². The number of imidazole rings is 1. The fourth-order valence-electron chi connectivity index (χ4n) is 4.59. The second-order valence-corrected chi connectivity index (χ2v) is 9.63. The highest BCUT2D eigenvalue weighted by atomic mass is 32.2. The van der Waals surface area contributed by atoms with Crippen LogP contribution in [0.1, 0.15) is 19.8 Å². The number of para-hydroxylation sites is 5. The van der Waals surface area contributed by atoms with E-state index in [0.29, 0.717) is 28.9 Å². The zero-order valence-electron chi connectivity index (χ0n) is 19.4. The summed E-state index contributed by atoms with van der Waals surface area (Å²) in [4.78, 5) is 35.1. The first-order valence-corrected chi connectivity index (χ1v) is 12.7. The highest BCUT2D eigenvalue weighted by Crippen LogP contribution is 2.34. The van der Waals surface area contributed by atoms with Gasteiger partial charge in [-0.1, -0.05) is 54.2 Å². The van der Waals surface area contributed by atoms with Crippen LogP contribution < -0.4 is 10.1 Å². The molecule has 4 aromatic rings. The van der Waals surface area contributed by atoms with Gasteiger partial charge >= 0.3 is 11.9 Å². The molecule has 1 saturated heterocycles. The molecule has 1 aromatic heterocycles. The van der Waals surface area contributed by atoms with Crippen molar-refractivity contribution in [2.24, 2.45) is 0 Å². The Morgan fingerprint density at radius 3 is 2.57 bits per heavy atom. The minimum Gasteiger partial charge on any atom is -0.455 e. The number of urea groups is 1. The van der Waals surface area contributed by atoms with Gasteiger partial charge < -0.3 is 9.72 Å². The van der Waals surface area contributed by atoms with Crippen molar-refractivity contribution in [3.63, 3.8) is 0 Å². The van der Waals surface area contributed by atoms with Gasteiger partial charge in [-0.05, 0) is 43.3 Å². The quantitative estimate of drug-likeness (QED) is 0.250. The summed E-state index contributed by atoms with van der Waals surface area (Å²) in [6.07, 6.45) is 1.63. The lowest BCUT2D eigenvalue weighted by Crippen LogP contribution is -2.61. The third-order valence-electron chi connectivity index (χ3n) is 6.49. The van der Waals surface area contributed by atoms with Crippen LogP contribution >= 0.6 is 11.8 Å². The van der Waals surface area contributed by atoms with Gasteiger partial charge in [0.25, 0.3) is 0 Å². The summed E-state index contributed by atoms with van der Waals surface area (Å²) in [7, 11) is 0. The first-order valence-electron chi connectivity index (χ1n) is 11.7. The fourth-order valence-corrected chi connectivity index (χ4v) is 5.43. The molecule has 3 aromatic carbocycles. The standard InChI is InChI=1S/C27H26N4O3S/c1-19-10-9-17-31(19,25(32)18-35-26-28-21-13-5-6-14-22(21)29-26)27(33)30-23-15-7-8-16-24(23)34-20-11-3-2-4-12-20/h2-8,11-16,19H,9-10,17-18H2,1H3,(H-,28,29,30,33)/p+1/t19-,31?/m1/s1. The number of anilines is 1. The van der Waals surface area contributed by atoms with E-state index in [1.54, 1.807) is 12.1 Å². The molecular weight excluding hydrogens is 460 g/mol. The number of thioether (sulfide) groups is 1. The molecule has 0 saturated carbocycles. The maximum absolute atomic E-state index is 13.7. The number of nitrogens with zero attached hydrogens (tertiary/aromatic N) is 2. The molecular formula is C27H27N4O3S+. The smallest absolute Gasteiger partial charge is 0.428 e. The molecule has 2 atom stereocenters. The van der Waals surface area contributed by atoms with Gasteiger partial charge in [-0.2, -0.15) is 4.48 Å². The average molecular weight is 488 g/mol. The van der Waals surface area contributed by atoms with E-state index < -0.39 is 0 Å². The lowest BCUT2D eigenvalue weighted by Gasteiger charge is -2.32. The van der Waals surface area contributed by atoms with Crippen molar-refractivity contribution in [2.75, 3.05) is 17.6 Å². The molecule has 1 unspecified atom stereocenters. The Hall–Kier alpha value is -3.62. The average Bonchev–Trinajstić information content (AvgIpc) is 3.48. The number of carbonyl (C=O) groups is 2. The second-order valence-electron chi connectivity index (χ2n) is 8.67. The number of hydrogen-bond acceptors (Lipinski definition) is 5. The Bertz CT molecular complexity index is 1320. The van der Waals surface area contributed by atoms with Gasteiger partial charge in [0.05, 0.1) is 23.3 Å². The van der Waals surface area contributed by atoms with Gasteiger partial charge in [-0.3, -0.25) is 5.32 Å². The number of fused-ring (bicyclic) bond motifs is 1. The number of imide groups is 1. The lowest BCUT2D eigenvalue weighted by atomic mass is 10.2. The first-order chi connectivity index (χ1) is 17.1. The number of carbonyl (C=O) groups excluding carboxylic acids is 2. The van der Waals surface area contributed by atoms with E-state index in [1.165, 1.54) is 11.8 Å². The Morgan fingerprint density at radius 2 is 1.80 bits per heavy atom. The first kappa shape index (κ1) is 23.1. The number of H-pyrrole nitrogens is 1. The normalized spacial score (nSPS) is 19.5. The van der Waals surface area contributed by atoms with Crippen molar-refractivity contribution in [2.45, 2.75) is 31.0 Å². The van der Waals surface area contributed by atoms with Crippen LogP contribution in [0.25, 0.3) is 11.0 Å². The molecule has 2 N–H and O–H groups in total. The number of ether oxygens (including phenoxy) is 1. The van der Waals surface area contributed by atoms with E-state index >= 15 is 0 Å². The summed E-state index contributed by atoms with van der Waals surface area (Å²) >= 11 is 1.33. The number of amides is 3. The zero-order chi connectivity index (χ0) is 24.3. The van der Waals surface area contributed by atoms with Gasteiger partial charge in [0.1, 0.15) is 17.5 Å². The van der Waals surface area contributed by atoms with Gasteiger partial charge in [-0.15, -0.1) is 0 Å². The molecule has 35 heavy (non-hydrogen) atoms. The minimum atomic E-state index is -0.325. The van der Waals surface area contributed by atoms with Crippen LogP contribution in [0.15, 0.2) is 84.0 Å². The number of nitrogens with one attached hydrogen (secondary N) is 2. The number of aromatic nitrogens is 2. The molecule has 8 heteroatoms. The number of likely N-dealkylation sites (tertiary alicyclic amines) is 1. The van der Waals surface area contributed by atoms with Crippen LogP contribution in [0, 0.1) is 0 Å². The molecule has 0 bridgehead atoms. The Kier molecular flexibility index (Phi) is 6.57. The summed E-state index contributed by atoms with van der Waals surface area (Å²) in [5.74, 6) is 1.23. The van der Waals surface area contributed by atoms with Crippen molar-refractivity contribution in [3.8, 4) is 11.5 Å².